The average molecular weight is 377 g/mol. The summed E-state index contributed by atoms with van der Waals surface area (Å²) in [5.74, 6) is -2.90. The number of carbonyl (C=O) groups excluding carboxylic acids is 1. The fourth-order valence-corrected chi connectivity index (χ4v) is 2.12. The lowest BCUT2D eigenvalue weighted by Gasteiger charge is -2.18. The number of rotatable bonds is 5. The van der Waals surface area contributed by atoms with Gasteiger partial charge >= 0.3 is 18.0 Å². The maximum atomic E-state index is 14.2. The van der Waals surface area contributed by atoms with Gasteiger partial charge in [0.1, 0.15) is 12.0 Å². The third-order valence-corrected chi connectivity index (χ3v) is 3.21. The summed E-state index contributed by atoms with van der Waals surface area (Å²) >= 11 is 0. The largest absolute Gasteiger partial charge is 0.464 e. The van der Waals surface area contributed by atoms with Crippen molar-refractivity contribution in [3.05, 3.63) is 57.8 Å². The highest BCUT2D eigenvalue weighted by molar-refractivity contribution is 5.78. The molecular weight excluding hydrogens is 362 g/mol. The number of ether oxygens (including phenoxy) is 1. The number of halogens is 4. The van der Waals surface area contributed by atoms with E-state index >= 15 is 0 Å². The summed E-state index contributed by atoms with van der Waals surface area (Å²) in [6.07, 6.45) is -3.00. The molecule has 0 saturated heterocycles. The predicted molar refractivity (Wildman–Crippen MR) is 81.8 cm³/mol. The molecule has 11 heteroatoms. The average Bonchev–Trinajstić information content (AvgIpc) is 2.98. The molecule has 0 bridgehead atoms. The first-order valence-corrected chi connectivity index (χ1v) is 6.86. The molecule has 0 fully saturated rings. The summed E-state index contributed by atoms with van der Waals surface area (Å²) in [6.45, 7) is 1.41. The van der Waals surface area contributed by atoms with Gasteiger partial charge in [-0.3, -0.25) is 4.57 Å². The zero-order valence-corrected chi connectivity index (χ0v) is 12.7. The summed E-state index contributed by atoms with van der Waals surface area (Å²) in [5.41, 5.74) is -1.66. The van der Waals surface area contributed by atoms with Crippen LogP contribution in [0.3, 0.4) is 0 Å². The van der Waals surface area contributed by atoms with E-state index in [1.165, 1.54) is 6.92 Å². The highest BCUT2D eigenvalue weighted by atomic mass is 19.4. The molecule has 0 radical (unpaired) electrons. The minimum atomic E-state index is -4.76. The van der Waals surface area contributed by atoms with Crippen LogP contribution in [0.2, 0.25) is 0 Å². The molecule has 1 unspecified atom stereocenters. The summed E-state index contributed by atoms with van der Waals surface area (Å²) in [5, 5.41) is 10.7. The normalized spacial score (nSPS) is 12.2. The van der Waals surface area contributed by atoms with Crippen molar-refractivity contribution in [1.29, 1.82) is 0 Å². The molecule has 1 heterocycles. The minimum Gasteiger partial charge on any atom is -0.464 e. The number of alkyl halides is 3. The first-order valence-electron chi connectivity index (χ1n) is 6.86. The molecule has 2 aromatic rings. The van der Waals surface area contributed by atoms with Crippen molar-refractivity contribution >= 4 is 11.8 Å². The second kappa shape index (κ2) is 7.93. The number of benzene rings is 1. The van der Waals surface area contributed by atoms with Crippen LogP contribution in [0.15, 0.2) is 30.7 Å². The van der Waals surface area contributed by atoms with Crippen LogP contribution < -0.4 is 0 Å². The molecule has 26 heavy (non-hydrogen) atoms. The van der Waals surface area contributed by atoms with Gasteiger partial charge in [-0.1, -0.05) is 13.5 Å². The van der Waals surface area contributed by atoms with Gasteiger partial charge in [0.05, 0.1) is 12.2 Å². The van der Waals surface area contributed by atoms with Gasteiger partial charge in [-0.15, -0.1) is 0 Å². The fraction of sp³-hybridized carbons (Fsp3) is 0.333. The van der Waals surface area contributed by atoms with Crippen LogP contribution in [0, 0.1) is 15.9 Å². The van der Waals surface area contributed by atoms with Gasteiger partial charge in [-0.25, -0.2) is 9.18 Å². The highest BCUT2D eigenvalue weighted by Crippen LogP contribution is 2.32. The van der Waals surface area contributed by atoms with Crippen LogP contribution in [0.25, 0.3) is 0 Å². The maximum absolute atomic E-state index is 14.2. The topological polar surface area (TPSA) is 87.3 Å². The highest BCUT2D eigenvalue weighted by Gasteiger charge is 2.34. The van der Waals surface area contributed by atoms with Gasteiger partial charge in [0.15, 0.2) is 6.04 Å². The van der Waals surface area contributed by atoms with Crippen molar-refractivity contribution < 1.29 is 32.0 Å². The van der Waals surface area contributed by atoms with Crippen molar-refractivity contribution in [1.82, 2.24) is 9.55 Å². The van der Waals surface area contributed by atoms with Crippen LogP contribution in [0.1, 0.15) is 31.5 Å². The molecular formula is C15H15F4N3O4. The molecule has 0 spiro atoms. The summed E-state index contributed by atoms with van der Waals surface area (Å²) in [6, 6.07) is 0.0810. The van der Waals surface area contributed by atoms with E-state index in [0.29, 0.717) is 6.07 Å². The lowest BCUT2D eigenvalue weighted by atomic mass is 10.0. The number of nitrogens with zero attached hydrogens (tertiary/aromatic N) is 3. The molecule has 1 aromatic carbocycles. The molecule has 7 nitrogen and oxygen atoms in total. The fourth-order valence-electron chi connectivity index (χ4n) is 2.12. The molecule has 0 aliphatic heterocycles. The monoisotopic (exact) mass is 377 g/mol. The van der Waals surface area contributed by atoms with Crippen molar-refractivity contribution in [3.8, 4) is 0 Å². The van der Waals surface area contributed by atoms with Crippen molar-refractivity contribution in [3.63, 3.8) is 0 Å². The number of hydrogen-bond acceptors (Lipinski definition) is 5. The van der Waals surface area contributed by atoms with Gasteiger partial charge in [0.2, 0.25) is 6.33 Å². The van der Waals surface area contributed by atoms with Crippen LogP contribution in [0.5, 0.6) is 0 Å². The molecule has 0 amide bonds. The van der Waals surface area contributed by atoms with E-state index in [4.69, 9.17) is 4.74 Å². The quantitative estimate of drug-likeness (QED) is 0.343. The summed E-state index contributed by atoms with van der Waals surface area (Å²) in [4.78, 5) is 25.4. The van der Waals surface area contributed by atoms with Crippen LogP contribution >= 0.6 is 0 Å². The smallest absolute Gasteiger partial charge is 0.416 e. The number of nitro groups is 1. The number of hydrogen-bond donors (Lipinski definition) is 0. The van der Waals surface area contributed by atoms with Gasteiger partial charge < -0.3 is 14.9 Å². The van der Waals surface area contributed by atoms with Crippen molar-refractivity contribution in [2.45, 2.75) is 26.6 Å². The first kappa shape index (κ1) is 21.1. The minimum absolute atomic E-state index is 0. The Morgan fingerprint density at radius 3 is 2.54 bits per heavy atom. The van der Waals surface area contributed by atoms with Crippen LogP contribution in [-0.2, 0) is 15.7 Å². The summed E-state index contributed by atoms with van der Waals surface area (Å²) < 4.78 is 57.8. The second-order valence-electron chi connectivity index (χ2n) is 4.82. The zero-order chi connectivity index (χ0) is 18.8. The number of aromatic nitrogens is 2. The Labute approximate surface area is 145 Å². The summed E-state index contributed by atoms with van der Waals surface area (Å²) in [7, 11) is 0. The second-order valence-corrected chi connectivity index (χ2v) is 4.82. The standard InChI is InChI=1S/C14H11F4N3O4.CH4/c1-2-25-13(22)12(20-6-11(19-7-20)21(23)24)9-4-3-8(5-10(9)15)14(16,17)18;/h3-7,12H,2H2,1H3;1H4. The molecule has 2 rings (SSSR count). The van der Waals surface area contributed by atoms with E-state index in [1.807, 2.05) is 0 Å². The van der Waals surface area contributed by atoms with Crippen LogP contribution in [-0.4, -0.2) is 27.1 Å². The van der Waals surface area contributed by atoms with E-state index in [2.05, 4.69) is 4.98 Å². The number of imidazole rings is 1. The third kappa shape index (κ3) is 4.35. The van der Waals surface area contributed by atoms with E-state index in [-0.39, 0.29) is 20.1 Å². The lowest BCUT2D eigenvalue weighted by molar-refractivity contribution is -0.389. The van der Waals surface area contributed by atoms with E-state index in [1.54, 1.807) is 0 Å². The number of esters is 1. The van der Waals surface area contributed by atoms with Gasteiger partial charge in [0, 0.05) is 5.56 Å². The lowest BCUT2D eigenvalue weighted by Crippen LogP contribution is -2.23. The van der Waals surface area contributed by atoms with Gasteiger partial charge in [-0.05, 0) is 29.0 Å². The first-order chi connectivity index (χ1) is 11.6. The maximum Gasteiger partial charge on any atom is 0.416 e. The Balaban J connectivity index is 0.00000338. The molecule has 0 aliphatic carbocycles. The molecule has 0 N–H and O–H groups in total. The molecule has 0 saturated carbocycles. The Morgan fingerprint density at radius 2 is 2.08 bits per heavy atom. The SMILES string of the molecule is C.CCOC(=O)C(c1ccc(C(F)(F)F)cc1F)n1cnc([N+](=O)[O-])c1. The van der Waals surface area contributed by atoms with E-state index in [0.717, 1.165) is 23.2 Å². The molecule has 1 atom stereocenters. The van der Waals surface area contributed by atoms with E-state index in [9.17, 15) is 32.5 Å². The van der Waals surface area contributed by atoms with E-state index < -0.39 is 45.9 Å². The van der Waals surface area contributed by atoms with Gasteiger partial charge in [0.25, 0.3) is 0 Å². The molecule has 1 aromatic heterocycles. The Hall–Kier alpha value is -2.98. The zero-order valence-electron chi connectivity index (χ0n) is 12.7. The van der Waals surface area contributed by atoms with Crippen LogP contribution in [0.4, 0.5) is 23.4 Å². The van der Waals surface area contributed by atoms with Gasteiger partial charge in [-0.2, -0.15) is 13.2 Å². The predicted octanol–water partition coefficient (Wildman–Crippen LogP) is 3.74. The number of carbonyl (C=O) groups is 1. The Kier molecular flexibility index (Phi) is 6.43. The Morgan fingerprint density at radius 1 is 1.42 bits per heavy atom. The van der Waals surface area contributed by atoms with Crippen molar-refractivity contribution in [2.75, 3.05) is 6.61 Å². The Bertz CT molecular complexity index is 804. The van der Waals surface area contributed by atoms with Crippen molar-refractivity contribution in [2.24, 2.45) is 0 Å². The third-order valence-electron chi connectivity index (χ3n) is 3.21. The molecule has 142 valence electrons. The molecule has 0 aliphatic rings.